The van der Waals surface area contributed by atoms with Crippen LogP contribution in [0.3, 0.4) is 0 Å². The van der Waals surface area contributed by atoms with Gasteiger partial charge in [0.1, 0.15) is 4.88 Å². The Balaban J connectivity index is 2.62. The number of hydrogen-bond acceptors (Lipinski definition) is 4. The average Bonchev–Trinajstić information content (AvgIpc) is 2.54. The third-order valence-electron chi connectivity index (χ3n) is 1.39. The van der Waals surface area contributed by atoms with Crippen molar-refractivity contribution in [2.24, 2.45) is 0 Å². The van der Waals surface area contributed by atoms with Crippen LogP contribution < -0.4 is 10.6 Å². The first-order valence-corrected chi connectivity index (χ1v) is 5.07. The summed E-state index contributed by atoms with van der Waals surface area (Å²) in [4.78, 5) is 16.0. The molecule has 0 bridgehead atoms. The monoisotopic (exact) mass is 199 g/mol. The number of nitrogens with one attached hydrogen (secondary N) is 2. The maximum atomic E-state index is 11.3. The molecule has 0 saturated heterocycles. The largest absolute Gasteiger partial charge is 0.362 e. The smallest absolute Gasteiger partial charge is 0.263 e. The number of nitrogens with zero attached hydrogens (tertiary/aromatic N) is 1. The molecule has 4 nitrogen and oxygen atoms in total. The Morgan fingerprint density at radius 3 is 2.92 bits per heavy atom. The van der Waals surface area contributed by atoms with Crippen LogP contribution in [0.4, 0.5) is 5.13 Å². The van der Waals surface area contributed by atoms with Gasteiger partial charge < -0.3 is 10.6 Å². The predicted octanol–water partition coefficient (Wildman–Crippen LogP) is 1.32. The van der Waals surface area contributed by atoms with Crippen LogP contribution in [0.1, 0.15) is 23.5 Å². The van der Waals surface area contributed by atoms with Gasteiger partial charge in [0, 0.05) is 13.1 Å². The van der Waals surface area contributed by atoms with E-state index in [1.807, 2.05) is 13.8 Å². The number of hydrogen-bond donors (Lipinski definition) is 2. The van der Waals surface area contributed by atoms with E-state index in [2.05, 4.69) is 15.6 Å². The summed E-state index contributed by atoms with van der Waals surface area (Å²) in [7, 11) is 0. The summed E-state index contributed by atoms with van der Waals surface area (Å²) < 4.78 is 0. The molecule has 1 amide bonds. The molecule has 0 aromatic carbocycles. The van der Waals surface area contributed by atoms with Crippen LogP contribution in [-0.4, -0.2) is 24.0 Å². The van der Waals surface area contributed by atoms with E-state index in [9.17, 15) is 4.79 Å². The lowest BCUT2D eigenvalue weighted by Crippen LogP contribution is -2.21. The lowest BCUT2D eigenvalue weighted by Gasteiger charge is -1.96. The first-order valence-electron chi connectivity index (χ1n) is 4.25. The molecule has 0 aliphatic carbocycles. The van der Waals surface area contributed by atoms with Gasteiger partial charge in [-0.15, -0.1) is 0 Å². The van der Waals surface area contributed by atoms with Gasteiger partial charge in [-0.2, -0.15) is 0 Å². The van der Waals surface area contributed by atoms with Crippen LogP contribution in [0.25, 0.3) is 0 Å². The molecule has 0 fully saturated rings. The quantitative estimate of drug-likeness (QED) is 0.769. The SMILES string of the molecule is CCNC(=O)c1cnc(NCC)s1. The summed E-state index contributed by atoms with van der Waals surface area (Å²) in [6, 6.07) is 0. The molecule has 0 aliphatic rings. The third kappa shape index (κ3) is 2.69. The van der Waals surface area contributed by atoms with Gasteiger partial charge >= 0.3 is 0 Å². The van der Waals surface area contributed by atoms with Gasteiger partial charge in [-0.05, 0) is 13.8 Å². The molecule has 1 rings (SSSR count). The molecule has 72 valence electrons. The van der Waals surface area contributed by atoms with Crippen LogP contribution >= 0.6 is 11.3 Å². The van der Waals surface area contributed by atoms with Crippen molar-refractivity contribution in [2.75, 3.05) is 18.4 Å². The van der Waals surface area contributed by atoms with Crippen molar-refractivity contribution in [1.82, 2.24) is 10.3 Å². The Morgan fingerprint density at radius 2 is 2.31 bits per heavy atom. The molecule has 0 spiro atoms. The van der Waals surface area contributed by atoms with Gasteiger partial charge in [0.2, 0.25) is 0 Å². The van der Waals surface area contributed by atoms with Crippen molar-refractivity contribution in [1.29, 1.82) is 0 Å². The highest BCUT2D eigenvalue weighted by Gasteiger charge is 2.08. The van der Waals surface area contributed by atoms with Gasteiger partial charge in [-0.1, -0.05) is 11.3 Å². The standard InChI is InChI=1S/C8H13N3OS/c1-3-9-7(12)6-5-11-8(13-6)10-4-2/h5H,3-4H2,1-2H3,(H,9,12)(H,10,11). The van der Waals surface area contributed by atoms with Crippen molar-refractivity contribution < 1.29 is 4.79 Å². The molecule has 1 aromatic heterocycles. The minimum absolute atomic E-state index is 0.0517. The highest BCUT2D eigenvalue weighted by Crippen LogP contribution is 2.17. The molecule has 2 N–H and O–H groups in total. The minimum Gasteiger partial charge on any atom is -0.362 e. The van der Waals surface area contributed by atoms with E-state index in [0.29, 0.717) is 11.4 Å². The maximum absolute atomic E-state index is 11.3. The van der Waals surface area contributed by atoms with E-state index >= 15 is 0 Å². The topological polar surface area (TPSA) is 54.0 Å². The fraction of sp³-hybridized carbons (Fsp3) is 0.500. The Bertz CT molecular complexity index is 285. The fourth-order valence-electron chi connectivity index (χ4n) is 0.860. The van der Waals surface area contributed by atoms with E-state index < -0.39 is 0 Å². The molecule has 5 heteroatoms. The van der Waals surface area contributed by atoms with E-state index in [1.165, 1.54) is 11.3 Å². The lowest BCUT2D eigenvalue weighted by molar-refractivity contribution is 0.0959. The molecular weight excluding hydrogens is 186 g/mol. The Hall–Kier alpha value is -1.10. The average molecular weight is 199 g/mol. The number of carbonyl (C=O) groups is 1. The highest BCUT2D eigenvalue weighted by atomic mass is 32.1. The molecular formula is C8H13N3OS. The predicted molar refractivity (Wildman–Crippen MR) is 54.3 cm³/mol. The molecule has 0 unspecified atom stereocenters. The summed E-state index contributed by atoms with van der Waals surface area (Å²) in [6.07, 6.45) is 1.59. The fourth-order valence-corrected chi connectivity index (χ4v) is 1.66. The summed E-state index contributed by atoms with van der Waals surface area (Å²) >= 11 is 1.37. The van der Waals surface area contributed by atoms with Crippen molar-refractivity contribution in [3.8, 4) is 0 Å². The number of thiazole rings is 1. The number of aromatic nitrogens is 1. The second kappa shape index (κ2) is 4.81. The van der Waals surface area contributed by atoms with Crippen molar-refractivity contribution >= 4 is 22.4 Å². The molecule has 1 heterocycles. The van der Waals surface area contributed by atoms with Crippen molar-refractivity contribution in [3.63, 3.8) is 0 Å². The Kier molecular flexibility index (Phi) is 3.70. The molecule has 0 atom stereocenters. The number of anilines is 1. The van der Waals surface area contributed by atoms with Crippen LogP contribution in [0, 0.1) is 0 Å². The molecule has 0 aliphatic heterocycles. The van der Waals surface area contributed by atoms with E-state index in [-0.39, 0.29) is 5.91 Å². The minimum atomic E-state index is -0.0517. The summed E-state index contributed by atoms with van der Waals surface area (Å²) in [5, 5.41) is 6.57. The van der Waals surface area contributed by atoms with Gasteiger partial charge in [0.15, 0.2) is 5.13 Å². The number of amides is 1. The van der Waals surface area contributed by atoms with E-state index in [4.69, 9.17) is 0 Å². The lowest BCUT2D eigenvalue weighted by atomic mass is 10.5. The van der Waals surface area contributed by atoms with E-state index in [0.717, 1.165) is 11.7 Å². The first-order chi connectivity index (χ1) is 6.27. The van der Waals surface area contributed by atoms with Crippen molar-refractivity contribution in [2.45, 2.75) is 13.8 Å². The van der Waals surface area contributed by atoms with Crippen LogP contribution in [0.2, 0.25) is 0 Å². The number of rotatable bonds is 4. The molecule has 1 aromatic rings. The second-order valence-electron chi connectivity index (χ2n) is 2.42. The van der Waals surface area contributed by atoms with Gasteiger partial charge in [-0.3, -0.25) is 4.79 Å². The molecule has 13 heavy (non-hydrogen) atoms. The number of carbonyl (C=O) groups excluding carboxylic acids is 1. The molecule has 0 saturated carbocycles. The maximum Gasteiger partial charge on any atom is 0.263 e. The zero-order valence-corrected chi connectivity index (χ0v) is 8.57. The Morgan fingerprint density at radius 1 is 1.54 bits per heavy atom. The van der Waals surface area contributed by atoms with E-state index in [1.54, 1.807) is 6.20 Å². The highest BCUT2D eigenvalue weighted by molar-refractivity contribution is 7.17. The van der Waals surface area contributed by atoms with Gasteiger partial charge in [-0.25, -0.2) is 4.98 Å². The zero-order chi connectivity index (χ0) is 9.68. The summed E-state index contributed by atoms with van der Waals surface area (Å²) in [5.41, 5.74) is 0. The van der Waals surface area contributed by atoms with Gasteiger partial charge in [0.05, 0.1) is 6.20 Å². The first kappa shape index (κ1) is 9.98. The van der Waals surface area contributed by atoms with Gasteiger partial charge in [0.25, 0.3) is 5.91 Å². The Labute approximate surface area is 81.4 Å². The third-order valence-corrected chi connectivity index (χ3v) is 2.35. The summed E-state index contributed by atoms with van der Waals surface area (Å²) in [5.74, 6) is -0.0517. The van der Waals surface area contributed by atoms with Crippen LogP contribution in [0.5, 0.6) is 0 Å². The second-order valence-corrected chi connectivity index (χ2v) is 3.45. The summed E-state index contributed by atoms with van der Waals surface area (Å²) in [6.45, 7) is 5.35. The van der Waals surface area contributed by atoms with Crippen LogP contribution in [-0.2, 0) is 0 Å². The molecule has 0 radical (unpaired) electrons. The van der Waals surface area contributed by atoms with Crippen molar-refractivity contribution in [3.05, 3.63) is 11.1 Å². The van der Waals surface area contributed by atoms with Crippen LogP contribution in [0.15, 0.2) is 6.20 Å². The zero-order valence-electron chi connectivity index (χ0n) is 7.76. The normalized spacial score (nSPS) is 9.69.